The van der Waals surface area contributed by atoms with E-state index in [1.54, 1.807) is 11.3 Å². The molecule has 27 heavy (non-hydrogen) atoms. The first-order chi connectivity index (χ1) is 13.0. The van der Waals surface area contributed by atoms with Gasteiger partial charge in [0.05, 0.1) is 23.8 Å². The Hall–Kier alpha value is -2.41. The molecule has 0 unspecified atom stereocenters. The number of guanidine groups is 1. The van der Waals surface area contributed by atoms with E-state index < -0.39 is 0 Å². The summed E-state index contributed by atoms with van der Waals surface area (Å²) in [5.41, 5.74) is 2.98. The van der Waals surface area contributed by atoms with Gasteiger partial charge in [0.1, 0.15) is 0 Å². The summed E-state index contributed by atoms with van der Waals surface area (Å²) in [6.45, 7) is 10.2. The van der Waals surface area contributed by atoms with Crippen LogP contribution in [0.3, 0.4) is 0 Å². The lowest BCUT2D eigenvalue weighted by molar-refractivity contribution is -0.116. The summed E-state index contributed by atoms with van der Waals surface area (Å²) in [6, 6.07) is 7.82. The van der Waals surface area contributed by atoms with Crippen LogP contribution in [-0.2, 0) is 17.9 Å². The molecule has 0 aliphatic carbocycles. The number of hydrogen-bond acceptors (Lipinski definition) is 4. The number of aryl methyl sites for hydroxylation is 2. The number of aliphatic imine (C=N–C) groups is 1. The van der Waals surface area contributed by atoms with Gasteiger partial charge < -0.3 is 16.0 Å². The highest BCUT2D eigenvalue weighted by Gasteiger charge is 2.06. The van der Waals surface area contributed by atoms with Gasteiger partial charge in [0, 0.05) is 23.5 Å². The largest absolute Gasteiger partial charge is 0.357 e. The average Bonchev–Trinajstić information content (AvgIpc) is 2.96. The van der Waals surface area contributed by atoms with E-state index in [-0.39, 0.29) is 5.91 Å². The van der Waals surface area contributed by atoms with Crippen molar-refractivity contribution < 1.29 is 4.79 Å². The van der Waals surface area contributed by atoms with Crippen molar-refractivity contribution in [3.05, 3.63) is 45.4 Å². The molecule has 146 valence electrons. The standard InChI is InChI=1S/C20H29N5OS/c1-5-7-19(26)25-17-10-8-16(9-11-17)12-22-20(21-6-2)23-13-18-14(3)24-15(4)27-18/h8-11H,5-7,12-13H2,1-4H3,(H,25,26)(H2,21,22,23). The summed E-state index contributed by atoms with van der Waals surface area (Å²) in [6.07, 6.45) is 1.39. The molecule has 1 aromatic carbocycles. The molecule has 1 heterocycles. The maximum Gasteiger partial charge on any atom is 0.224 e. The Bertz CT molecular complexity index is 767. The number of aromatic nitrogens is 1. The number of amides is 1. The van der Waals surface area contributed by atoms with Crippen molar-refractivity contribution in [2.45, 2.75) is 53.6 Å². The first kappa shape index (κ1) is 20.9. The SMILES string of the molecule is CCCC(=O)Nc1ccc(CN=C(NCC)NCc2sc(C)nc2C)cc1. The number of thiazole rings is 1. The number of nitrogens with zero attached hydrogens (tertiary/aromatic N) is 2. The molecule has 0 saturated carbocycles. The highest BCUT2D eigenvalue weighted by Crippen LogP contribution is 2.16. The van der Waals surface area contributed by atoms with Gasteiger partial charge in [-0.25, -0.2) is 9.98 Å². The number of nitrogens with one attached hydrogen (secondary N) is 3. The van der Waals surface area contributed by atoms with Gasteiger partial charge in [-0.1, -0.05) is 19.1 Å². The van der Waals surface area contributed by atoms with Gasteiger partial charge in [0.15, 0.2) is 5.96 Å². The molecule has 1 amide bonds. The van der Waals surface area contributed by atoms with Crippen LogP contribution in [-0.4, -0.2) is 23.4 Å². The lowest BCUT2D eigenvalue weighted by Crippen LogP contribution is -2.36. The van der Waals surface area contributed by atoms with Crippen LogP contribution in [0.4, 0.5) is 5.69 Å². The lowest BCUT2D eigenvalue weighted by Gasteiger charge is -2.11. The minimum absolute atomic E-state index is 0.0514. The van der Waals surface area contributed by atoms with Gasteiger partial charge in [0.2, 0.25) is 5.91 Å². The van der Waals surface area contributed by atoms with Crippen LogP contribution in [0.2, 0.25) is 0 Å². The summed E-state index contributed by atoms with van der Waals surface area (Å²) in [7, 11) is 0. The van der Waals surface area contributed by atoms with E-state index in [4.69, 9.17) is 0 Å². The highest BCUT2D eigenvalue weighted by molar-refractivity contribution is 7.11. The van der Waals surface area contributed by atoms with Gasteiger partial charge in [-0.15, -0.1) is 11.3 Å². The van der Waals surface area contributed by atoms with Crippen LogP contribution in [0.1, 0.15) is 47.8 Å². The predicted molar refractivity (Wildman–Crippen MR) is 113 cm³/mol. The van der Waals surface area contributed by atoms with Crippen LogP contribution < -0.4 is 16.0 Å². The number of carbonyl (C=O) groups excluding carboxylic acids is 1. The molecule has 2 aromatic rings. The molecule has 6 nitrogen and oxygen atoms in total. The molecule has 0 spiro atoms. The van der Waals surface area contributed by atoms with Crippen LogP contribution in [0.25, 0.3) is 0 Å². The Morgan fingerprint density at radius 3 is 2.48 bits per heavy atom. The number of hydrogen-bond donors (Lipinski definition) is 3. The zero-order valence-electron chi connectivity index (χ0n) is 16.6. The van der Waals surface area contributed by atoms with E-state index in [0.29, 0.717) is 19.5 Å². The zero-order valence-corrected chi connectivity index (χ0v) is 17.4. The maximum absolute atomic E-state index is 11.6. The van der Waals surface area contributed by atoms with E-state index in [9.17, 15) is 4.79 Å². The predicted octanol–water partition coefficient (Wildman–Crippen LogP) is 3.75. The topological polar surface area (TPSA) is 78.4 Å². The Morgan fingerprint density at radius 2 is 1.89 bits per heavy atom. The van der Waals surface area contributed by atoms with Crippen molar-refractivity contribution >= 4 is 28.9 Å². The van der Waals surface area contributed by atoms with Crippen LogP contribution in [0.15, 0.2) is 29.3 Å². The quantitative estimate of drug-likeness (QED) is 0.476. The first-order valence-electron chi connectivity index (χ1n) is 9.35. The smallest absolute Gasteiger partial charge is 0.224 e. The minimum atomic E-state index is 0.0514. The fourth-order valence-electron chi connectivity index (χ4n) is 2.56. The van der Waals surface area contributed by atoms with Gasteiger partial charge >= 0.3 is 0 Å². The molecule has 0 saturated heterocycles. The Labute approximate surface area is 165 Å². The van der Waals surface area contributed by atoms with Gasteiger partial charge in [-0.05, 0) is 44.9 Å². The second-order valence-electron chi connectivity index (χ2n) is 6.29. The van der Waals surface area contributed by atoms with Crippen LogP contribution in [0.5, 0.6) is 0 Å². The molecule has 0 atom stereocenters. The summed E-state index contributed by atoms with van der Waals surface area (Å²) in [5.74, 6) is 0.832. The summed E-state index contributed by atoms with van der Waals surface area (Å²) < 4.78 is 0. The normalized spacial score (nSPS) is 11.3. The molecular formula is C20H29N5OS. The van der Waals surface area contributed by atoms with E-state index in [0.717, 1.165) is 40.9 Å². The molecule has 0 radical (unpaired) electrons. The molecule has 0 aliphatic rings. The number of benzene rings is 1. The van der Waals surface area contributed by atoms with Crippen LogP contribution >= 0.6 is 11.3 Å². The van der Waals surface area contributed by atoms with Crippen molar-refractivity contribution in [1.82, 2.24) is 15.6 Å². The first-order valence-corrected chi connectivity index (χ1v) is 10.2. The number of anilines is 1. The van der Waals surface area contributed by atoms with Gasteiger partial charge in [-0.3, -0.25) is 4.79 Å². The zero-order chi connectivity index (χ0) is 19.6. The second-order valence-corrected chi connectivity index (χ2v) is 7.57. The molecule has 7 heteroatoms. The van der Waals surface area contributed by atoms with E-state index in [1.165, 1.54) is 4.88 Å². The summed E-state index contributed by atoms with van der Waals surface area (Å²) in [4.78, 5) is 22.0. The van der Waals surface area contributed by atoms with Gasteiger partial charge in [-0.2, -0.15) is 0 Å². The maximum atomic E-state index is 11.6. The number of rotatable bonds is 8. The minimum Gasteiger partial charge on any atom is -0.357 e. The van der Waals surface area contributed by atoms with E-state index in [2.05, 4.69) is 25.9 Å². The number of carbonyl (C=O) groups is 1. The third-order valence-corrected chi connectivity index (χ3v) is 4.97. The van der Waals surface area contributed by atoms with Crippen molar-refractivity contribution in [2.24, 2.45) is 4.99 Å². The fraction of sp³-hybridized carbons (Fsp3) is 0.450. The molecular weight excluding hydrogens is 358 g/mol. The fourth-order valence-corrected chi connectivity index (χ4v) is 3.43. The van der Waals surface area contributed by atoms with E-state index in [1.807, 2.05) is 52.0 Å². The Kier molecular flexibility index (Phi) is 8.26. The van der Waals surface area contributed by atoms with E-state index >= 15 is 0 Å². The molecule has 0 aliphatic heterocycles. The van der Waals surface area contributed by atoms with Crippen molar-refractivity contribution in [2.75, 3.05) is 11.9 Å². The molecule has 1 aromatic heterocycles. The molecule has 0 fully saturated rings. The van der Waals surface area contributed by atoms with Crippen molar-refractivity contribution in [3.8, 4) is 0 Å². The Morgan fingerprint density at radius 1 is 1.15 bits per heavy atom. The summed E-state index contributed by atoms with van der Waals surface area (Å²) in [5, 5.41) is 10.6. The monoisotopic (exact) mass is 387 g/mol. The Balaban J connectivity index is 1.93. The van der Waals surface area contributed by atoms with Gasteiger partial charge in [0.25, 0.3) is 0 Å². The highest BCUT2D eigenvalue weighted by atomic mass is 32.1. The molecule has 2 rings (SSSR count). The lowest BCUT2D eigenvalue weighted by atomic mass is 10.2. The third kappa shape index (κ3) is 7.02. The average molecular weight is 388 g/mol. The van der Waals surface area contributed by atoms with Crippen LogP contribution in [0, 0.1) is 13.8 Å². The second kappa shape index (κ2) is 10.7. The molecule has 3 N–H and O–H groups in total. The van der Waals surface area contributed by atoms with Crippen molar-refractivity contribution in [3.63, 3.8) is 0 Å². The third-order valence-electron chi connectivity index (χ3n) is 3.89. The summed E-state index contributed by atoms with van der Waals surface area (Å²) >= 11 is 1.71. The van der Waals surface area contributed by atoms with Crippen molar-refractivity contribution in [1.29, 1.82) is 0 Å². The molecule has 0 bridgehead atoms.